The molecule has 0 radical (unpaired) electrons. The van der Waals surface area contributed by atoms with E-state index in [1.54, 1.807) is 7.11 Å². The molecule has 0 aliphatic carbocycles. The van der Waals surface area contributed by atoms with Gasteiger partial charge >= 0.3 is 0 Å². The summed E-state index contributed by atoms with van der Waals surface area (Å²) >= 11 is 0. The van der Waals surface area contributed by atoms with Crippen LogP contribution in [-0.2, 0) is 6.42 Å². The number of benzene rings is 1. The Labute approximate surface area is 85.1 Å². The zero-order chi connectivity index (χ0) is 10.2. The van der Waals surface area contributed by atoms with Gasteiger partial charge in [0.1, 0.15) is 5.75 Å². The Bertz CT molecular complexity index is 314. The maximum Gasteiger partial charge on any atom is 0.119 e. The number of hydrogen-bond acceptors (Lipinski definition) is 2. The van der Waals surface area contributed by atoms with Gasteiger partial charge in [-0.1, -0.05) is 12.1 Å². The highest BCUT2D eigenvalue weighted by Gasteiger charge is 1.95. The van der Waals surface area contributed by atoms with Crippen LogP contribution < -0.4 is 4.74 Å². The first-order valence-corrected chi connectivity index (χ1v) is 4.86. The topological polar surface area (TPSA) is 33.0 Å². The molecule has 0 aliphatic rings. The Kier molecular flexibility index (Phi) is 4.57. The molecule has 2 nitrogen and oxygen atoms in total. The number of ether oxygens (including phenoxy) is 1. The minimum Gasteiger partial charge on any atom is -0.497 e. The van der Waals surface area contributed by atoms with Crippen LogP contribution in [-0.4, -0.2) is 7.11 Å². The van der Waals surface area contributed by atoms with E-state index in [1.165, 1.54) is 5.56 Å². The van der Waals surface area contributed by atoms with Crippen LogP contribution in [0.3, 0.4) is 0 Å². The molecule has 1 aromatic rings. The summed E-state index contributed by atoms with van der Waals surface area (Å²) in [5.41, 5.74) is 1.28. The largest absolute Gasteiger partial charge is 0.497 e. The fourth-order valence-corrected chi connectivity index (χ4v) is 1.36. The summed E-state index contributed by atoms with van der Waals surface area (Å²) in [5, 5.41) is 8.38. The lowest BCUT2D eigenvalue weighted by Crippen LogP contribution is -1.88. The predicted molar refractivity (Wildman–Crippen MR) is 56.2 cm³/mol. The summed E-state index contributed by atoms with van der Waals surface area (Å²) in [4.78, 5) is 0. The smallest absolute Gasteiger partial charge is 0.119 e. The highest BCUT2D eigenvalue weighted by atomic mass is 16.5. The number of nitrogens with zero attached hydrogens (tertiary/aromatic N) is 1. The normalized spacial score (nSPS) is 9.43. The van der Waals surface area contributed by atoms with Crippen LogP contribution in [0.4, 0.5) is 0 Å². The van der Waals surface area contributed by atoms with Gasteiger partial charge in [-0.3, -0.25) is 0 Å². The number of methoxy groups -OCH3 is 1. The quantitative estimate of drug-likeness (QED) is 0.667. The van der Waals surface area contributed by atoms with Crippen LogP contribution in [0.25, 0.3) is 0 Å². The van der Waals surface area contributed by atoms with Gasteiger partial charge < -0.3 is 4.74 Å². The van der Waals surface area contributed by atoms with Crippen LogP contribution in [0, 0.1) is 11.3 Å². The van der Waals surface area contributed by atoms with E-state index in [9.17, 15) is 0 Å². The van der Waals surface area contributed by atoms with Crippen molar-refractivity contribution in [2.24, 2.45) is 0 Å². The van der Waals surface area contributed by atoms with Crippen LogP contribution in [0.2, 0.25) is 0 Å². The van der Waals surface area contributed by atoms with Crippen LogP contribution in [0.5, 0.6) is 5.75 Å². The minimum absolute atomic E-state index is 0.657. The Morgan fingerprint density at radius 1 is 1.36 bits per heavy atom. The highest BCUT2D eigenvalue weighted by Crippen LogP contribution is 2.14. The molecule has 0 heterocycles. The third kappa shape index (κ3) is 3.49. The van der Waals surface area contributed by atoms with Crippen LogP contribution in [0.1, 0.15) is 24.8 Å². The van der Waals surface area contributed by atoms with Crippen molar-refractivity contribution >= 4 is 0 Å². The third-order valence-electron chi connectivity index (χ3n) is 2.14. The fraction of sp³-hybridized carbons (Fsp3) is 0.417. The number of unbranched alkanes of at least 4 members (excludes halogenated alkanes) is 2. The molecule has 14 heavy (non-hydrogen) atoms. The molecule has 1 rings (SSSR count). The van der Waals surface area contributed by atoms with Crippen molar-refractivity contribution in [2.75, 3.05) is 7.11 Å². The van der Waals surface area contributed by atoms with Crippen molar-refractivity contribution in [3.05, 3.63) is 29.8 Å². The number of hydrogen-bond donors (Lipinski definition) is 0. The lowest BCUT2D eigenvalue weighted by molar-refractivity contribution is 0.414. The summed E-state index contributed by atoms with van der Waals surface area (Å²) in [6.07, 6.45) is 3.73. The standard InChI is InChI=1S/C12H15NO/c1-14-12-8-5-7-11(10-12)6-3-2-4-9-13/h5,7-8,10H,2-4,6H2,1H3. The van der Waals surface area contributed by atoms with Gasteiger partial charge in [-0.25, -0.2) is 0 Å². The summed E-state index contributed by atoms with van der Waals surface area (Å²) < 4.78 is 5.13. The molecule has 0 aliphatic heterocycles. The first-order chi connectivity index (χ1) is 6.86. The van der Waals surface area contributed by atoms with Crippen molar-refractivity contribution in [3.8, 4) is 11.8 Å². The van der Waals surface area contributed by atoms with Crippen molar-refractivity contribution in [1.29, 1.82) is 5.26 Å². The Morgan fingerprint density at radius 2 is 2.21 bits per heavy atom. The number of nitriles is 1. The molecule has 0 saturated carbocycles. The van der Waals surface area contributed by atoms with E-state index in [0.29, 0.717) is 6.42 Å². The summed E-state index contributed by atoms with van der Waals surface area (Å²) in [6, 6.07) is 10.2. The lowest BCUT2D eigenvalue weighted by Gasteiger charge is -2.03. The highest BCUT2D eigenvalue weighted by molar-refractivity contribution is 5.28. The molecule has 0 aromatic heterocycles. The molecule has 0 N–H and O–H groups in total. The molecular formula is C12H15NO. The van der Waals surface area contributed by atoms with Gasteiger partial charge in [0.25, 0.3) is 0 Å². The number of rotatable bonds is 5. The monoisotopic (exact) mass is 189 g/mol. The van der Waals surface area contributed by atoms with E-state index in [-0.39, 0.29) is 0 Å². The molecule has 2 heteroatoms. The second-order valence-electron chi connectivity index (χ2n) is 3.22. The first-order valence-electron chi connectivity index (χ1n) is 4.86. The van der Waals surface area contributed by atoms with Gasteiger partial charge in [-0.15, -0.1) is 0 Å². The second kappa shape index (κ2) is 6.04. The Morgan fingerprint density at radius 3 is 2.93 bits per heavy atom. The molecule has 0 spiro atoms. The molecule has 0 fully saturated rings. The van der Waals surface area contributed by atoms with Crippen molar-refractivity contribution in [1.82, 2.24) is 0 Å². The Hall–Kier alpha value is -1.49. The molecule has 0 unspecified atom stereocenters. The zero-order valence-electron chi connectivity index (χ0n) is 8.49. The maximum absolute atomic E-state index is 8.38. The number of aryl methyl sites for hydroxylation is 1. The summed E-state index contributed by atoms with van der Waals surface area (Å²) in [5.74, 6) is 0.905. The minimum atomic E-state index is 0.657. The lowest BCUT2D eigenvalue weighted by atomic mass is 10.1. The van der Waals surface area contributed by atoms with E-state index in [0.717, 1.165) is 25.0 Å². The van der Waals surface area contributed by atoms with Crippen LogP contribution >= 0.6 is 0 Å². The SMILES string of the molecule is COc1cccc(CCCCC#N)c1. The van der Waals surface area contributed by atoms with Gasteiger partial charge in [-0.2, -0.15) is 5.26 Å². The van der Waals surface area contributed by atoms with E-state index in [2.05, 4.69) is 12.1 Å². The van der Waals surface area contributed by atoms with Crippen molar-refractivity contribution < 1.29 is 4.74 Å². The average Bonchev–Trinajstić information content (AvgIpc) is 2.25. The molecule has 0 atom stereocenters. The summed E-state index contributed by atoms with van der Waals surface area (Å²) in [6.45, 7) is 0. The molecular weight excluding hydrogens is 174 g/mol. The van der Waals surface area contributed by atoms with E-state index >= 15 is 0 Å². The predicted octanol–water partition coefficient (Wildman–Crippen LogP) is 2.93. The maximum atomic E-state index is 8.38. The van der Waals surface area contributed by atoms with Crippen molar-refractivity contribution in [2.45, 2.75) is 25.7 Å². The first kappa shape index (κ1) is 10.6. The van der Waals surface area contributed by atoms with Gasteiger partial charge in [0.2, 0.25) is 0 Å². The van der Waals surface area contributed by atoms with Gasteiger partial charge in [-0.05, 0) is 37.0 Å². The summed E-state index contributed by atoms with van der Waals surface area (Å²) in [7, 11) is 1.68. The molecule has 0 bridgehead atoms. The van der Waals surface area contributed by atoms with E-state index < -0.39 is 0 Å². The molecule has 0 amide bonds. The fourth-order valence-electron chi connectivity index (χ4n) is 1.36. The van der Waals surface area contributed by atoms with E-state index in [4.69, 9.17) is 10.00 Å². The van der Waals surface area contributed by atoms with Gasteiger partial charge in [0.15, 0.2) is 0 Å². The average molecular weight is 189 g/mol. The Balaban J connectivity index is 2.39. The molecule has 0 saturated heterocycles. The van der Waals surface area contributed by atoms with E-state index in [1.807, 2.05) is 18.2 Å². The van der Waals surface area contributed by atoms with Crippen LogP contribution in [0.15, 0.2) is 24.3 Å². The molecule has 1 aromatic carbocycles. The zero-order valence-corrected chi connectivity index (χ0v) is 8.49. The van der Waals surface area contributed by atoms with Gasteiger partial charge in [0.05, 0.1) is 13.2 Å². The van der Waals surface area contributed by atoms with Crippen molar-refractivity contribution in [3.63, 3.8) is 0 Å². The molecule has 74 valence electrons. The third-order valence-corrected chi connectivity index (χ3v) is 2.14. The second-order valence-corrected chi connectivity index (χ2v) is 3.22. The van der Waals surface area contributed by atoms with Gasteiger partial charge in [0, 0.05) is 6.42 Å².